The molecular formula is C22H20N2O3. The van der Waals surface area contributed by atoms with Gasteiger partial charge in [0.15, 0.2) is 0 Å². The molecule has 0 fully saturated rings. The molecule has 0 saturated heterocycles. The average Bonchev–Trinajstić information content (AvgIpc) is 3.02. The van der Waals surface area contributed by atoms with Gasteiger partial charge in [-0.15, -0.1) is 0 Å². The standard InChI is InChI=1S/C22H20N2O3/c1-15-11-20(16(2)27-15)13-24-22(25)17-7-9-21(10-8-17)26-14-19-6-4-3-5-18(19)12-23/h3-11H,13-14H2,1-2H3,(H,24,25). The first-order valence-electron chi connectivity index (χ1n) is 8.62. The summed E-state index contributed by atoms with van der Waals surface area (Å²) in [5.41, 5.74) is 2.94. The van der Waals surface area contributed by atoms with Gasteiger partial charge in [-0.3, -0.25) is 4.79 Å². The summed E-state index contributed by atoms with van der Waals surface area (Å²) in [6.45, 7) is 4.48. The molecule has 3 rings (SSSR count). The molecule has 5 heteroatoms. The second kappa shape index (κ2) is 8.24. The molecule has 0 saturated carbocycles. The number of nitriles is 1. The Morgan fingerprint density at radius 3 is 2.52 bits per heavy atom. The highest BCUT2D eigenvalue weighted by Gasteiger charge is 2.09. The summed E-state index contributed by atoms with van der Waals surface area (Å²) < 4.78 is 11.2. The first-order valence-corrected chi connectivity index (χ1v) is 8.62. The van der Waals surface area contributed by atoms with Gasteiger partial charge in [0, 0.05) is 23.2 Å². The summed E-state index contributed by atoms with van der Waals surface area (Å²) in [6.07, 6.45) is 0. The number of aryl methyl sites for hydroxylation is 2. The van der Waals surface area contributed by atoms with Crippen molar-refractivity contribution in [1.82, 2.24) is 5.32 Å². The molecule has 0 atom stereocenters. The number of hydrogen-bond acceptors (Lipinski definition) is 4. The van der Waals surface area contributed by atoms with Gasteiger partial charge in [-0.25, -0.2) is 0 Å². The zero-order valence-electron chi connectivity index (χ0n) is 15.3. The van der Waals surface area contributed by atoms with E-state index in [1.165, 1.54) is 0 Å². The number of nitrogens with zero attached hydrogens (tertiary/aromatic N) is 1. The maximum absolute atomic E-state index is 12.3. The first kappa shape index (κ1) is 18.3. The quantitative estimate of drug-likeness (QED) is 0.712. The Kier molecular flexibility index (Phi) is 5.58. The molecule has 0 bridgehead atoms. The van der Waals surface area contributed by atoms with Gasteiger partial charge in [0.1, 0.15) is 23.9 Å². The molecule has 0 aliphatic rings. The fraction of sp³-hybridized carbons (Fsp3) is 0.182. The number of carbonyl (C=O) groups is 1. The normalized spacial score (nSPS) is 10.3. The van der Waals surface area contributed by atoms with E-state index in [4.69, 9.17) is 14.4 Å². The third-order valence-corrected chi connectivity index (χ3v) is 4.23. The van der Waals surface area contributed by atoms with E-state index in [1.54, 1.807) is 30.3 Å². The molecule has 27 heavy (non-hydrogen) atoms. The van der Waals surface area contributed by atoms with Crippen LogP contribution >= 0.6 is 0 Å². The lowest BCUT2D eigenvalue weighted by Crippen LogP contribution is -2.22. The Morgan fingerprint density at radius 1 is 1.11 bits per heavy atom. The van der Waals surface area contributed by atoms with E-state index in [1.807, 2.05) is 38.1 Å². The van der Waals surface area contributed by atoms with E-state index in [2.05, 4.69) is 11.4 Å². The third kappa shape index (κ3) is 4.56. The molecule has 1 N–H and O–H groups in total. The fourth-order valence-corrected chi connectivity index (χ4v) is 2.76. The molecule has 1 aromatic heterocycles. The van der Waals surface area contributed by atoms with Gasteiger partial charge < -0.3 is 14.5 Å². The molecule has 3 aromatic rings. The number of amides is 1. The predicted molar refractivity (Wildman–Crippen MR) is 101 cm³/mol. The van der Waals surface area contributed by atoms with Gasteiger partial charge in [0.25, 0.3) is 5.91 Å². The molecule has 136 valence electrons. The fourth-order valence-electron chi connectivity index (χ4n) is 2.76. The van der Waals surface area contributed by atoms with Crippen LogP contribution in [-0.4, -0.2) is 5.91 Å². The molecule has 2 aromatic carbocycles. The topological polar surface area (TPSA) is 75.3 Å². The van der Waals surface area contributed by atoms with Crippen molar-refractivity contribution < 1.29 is 13.9 Å². The molecule has 5 nitrogen and oxygen atoms in total. The number of carbonyl (C=O) groups excluding carboxylic acids is 1. The van der Waals surface area contributed by atoms with Crippen LogP contribution in [0.25, 0.3) is 0 Å². The molecule has 0 aliphatic carbocycles. The highest BCUT2D eigenvalue weighted by atomic mass is 16.5. The summed E-state index contributed by atoms with van der Waals surface area (Å²) in [5, 5.41) is 12.0. The van der Waals surface area contributed by atoms with Crippen LogP contribution in [0, 0.1) is 25.2 Å². The lowest BCUT2D eigenvalue weighted by molar-refractivity contribution is 0.0951. The van der Waals surface area contributed by atoms with Crippen LogP contribution in [0.2, 0.25) is 0 Å². The Bertz CT molecular complexity index is 982. The molecule has 0 radical (unpaired) electrons. The van der Waals surface area contributed by atoms with Crippen molar-refractivity contribution in [3.8, 4) is 11.8 Å². The SMILES string of the molecule is Cc1cc(CNC(=O)c2ccc(OCc3ccccc3C#N)cc2)c(C)o1. The summed E-state index contributed by atoms with van der Waals surface area (Å²) >= 11 is 0. The van der Waals surface area contributed by atoms with Crippen molar-refractivity contribution in [3.05, 3.63) is 88.4 Å². The molecule has 1 heterocycles. The summed E-state index contributed by atoms with van der Waals surface area (Å²) in [5.74, 6) is 2.13. The first-order chi connectivity index (χ1) is 13.1. The minimum absolute atomic E-state index is 0.158. The summed E-state index contributed by atoms with van der Waals surface area (Å²) in [7, 11) is 0. The highest BCUT2D eigenvalue weighted by Crippen LogP contribution is 2.17. The van der Waals surface area contributed by atoms with E-state index < -0.39 is 0 Å². The maximum atomic E-state index is 12.3. The van der Waals surface area contributed by atoms with Crippen LogP contribution < -0.4 is 10.1 Å². The van der Waals surface area contributed by atoms with Crippen LogP contribution in [0.3, 0.4) is 0 Å². The number of benzene rings is 2. The minimum atomic E-state index is -0.158. The highest BCUT2D eigenvalue weighted by molar-refractivity contribution is 5.94. The van der Waals surface area contributed by atoms with E-state index in [0.717, 1.165) is 22.6 Å². The molecule has 1 amide bonds. The van der Waals surface area contributed by atoms with Crippen LogP contribution in [0.15, 0.2) is 59.0 Å². The van der Waals surface area contributed by atoms with Crippen molar-refractivity contribution in [3.63, 3.8) is 0 Å². The van der Waals surface area contributed by atoms with Gasteiger partial charge in [-0.1, -0.05) is 18.2 Å². The van der Waals surface area contributed by atoms with Crippen molar-refractivity contribution >= 4 is 5.91 Å². The molecule has 0 unspecified atom stereocenters. The van der Waals surface area contributed by atoms with Crippen LogP contribution in [-0.2, 0) is 13.2 Å². The second-order valence-corrected chi connectivity index (χ2v) is 6.20. The molecule has 0 spiro atoms. The smallest absolute Gasteiger partial charge is 0.251 e. The van der Waals surface area contributed by atoms with Crippen LogP contribution in [0.5, 0.6) is 5.75 Å². The molecule has 0 aliphatic heterocycles. The summed E-state index contributed by atoms with van der Waals surface area (Å²) in [6, 6.07) is 18.3. The van der Waals surface area contributed by atoms with E-state index >= 15 is 0 Å². The largest absolute Gasteiger partial charge is 0.489 e. The average molecular weight is 360 g/mol. The van der Waals surface area contributed by atoms with Crippen LogP contribution in [0.4, 0.5) is 0 Å². The van der Waals surface area contributed by atoms with Crippen LogP contribution in [0.1, 0.15) is 38.6 Å². The zero-order chi connectivity index (χ0) is 19.2. The lowest BCUT2D eigenvalue weighted by Gasteiger charge is -2.09. The minimum Gasteiger partial charge on any atom is -0.489 e. The Balaban J connectivity index is 1.57. The van der Waals surface area contributed by atoms with Crippen molar-refractivity contribution in [2.24, 2.45) is 0 Å². The summed E-state index contributed by atoms with van der Waals surface area (Å²) in [4.78, 5) is 12.3. The monoisotopic (exact) mass is 360 g/mol. The zero-order valence-corrected chi connectivity index (χ0v) is 15.3. The van der Waals surface area contributed by atoms with E-state index in [9.17, 15) is 4.79 Å². The number of nitrogens with one attached hydrogen (secondary N) is 1. The lowest BCUT2D eigenvalue weighted by atomic mass is 10.1. The van der Waals surface area contributed by atoms with Crippen molar-refractivity contribution in [2.45, 2.75) is 27.0 Å². The van der Waals surface area contributed by atoms with Gasteiger partial charge in [-0.2, -0.15) is 5.26 Å². The number of furan rings is 1. The Hall–Kier alpha value is -3.52. The van der Waals surface area contributed by atoms with Crippen molar-refractivity contribution in [2.75, 3.05) is 0 Å². The van der Waals surface area contributed by atoms with Gasteiger partial charge in [0.05, 0.1) is 11.6 Å². The van der Waals surface area contributed by atoms with Gasteiger partial charge in [-0.05, 0) is 50.2 Å². The van der Waals surface area contributed by atoms with Crippen molar-refractivity contribution in [1.29, 1.82) is 5.26 Å². The predicted octanol–water partition coefficient (Wildman–Crippen LogP) is 4.28. The third-order valence-electron chi connectivity index (χ3n) is 4.23. The van der Waals surface area contributed by atoms with Gasteiger partial charge in [0.2, 0.25) is 0 Å². The van der Waals surface area contributed by atoms with E-state index in [-0.39, 0.29) is 5.91 Å². The number of hydrogen-bond donors (Lipinski definition) is 1. The van der Waals surface area contributed by atoms with E-state index in [0.29, 0.717) is 30.0 Å². The second-order valence-electron chi connectivity index (χ2n) is 6.20. The molecular weight excluding hydrogens is 340 g/mol. The van der Waals surface area contributed by atoms with Gasteiger partial charge >= 0.3 is 0 Å². The number of ether oxygens (including phenoxy) is 1. The maximum Gasteiger partial charge on any atom is 0.251 e. The Labute approximate surface area is 158 Å². The Morgan fingerprint density at radius 2 is 1.85 bits per heavy atom. The number of rotatable bonds is 6.